The summed E-state index contributed by atoms with van der Waals surface area (Å²) in [6.07, 6.45) is 6.30. The molecule has 0 unspecified atom stereocenters. The lowest BCUT2D eigenvalue weighted by molar-refractivity contribution is -0.385. The van der Waals surface area contributed by atoms with E-state index in [0.717, 1.165) is 19.3 Å². The molecule has 4 bridgehead atoms. The van der Waals surface area contributed by atoms with Crippen molar-refractivity contribution in [3.8, 4) is 0 Å². The number of imide groups is 1. The Hall–Kier alpha value is -2.97. The lowest BCUT2D eigenvalue weighted by Gasteiger charge is -2.56. The fraction of sp³-hybridized carbons (Fsp3) is 0.571. The van der Waals surface area contributed by atoms with Crippen LogP contribution in [0.25, 0.3) is 0 Å². The first-order valence-electron chi connectivity index (χ1n) is 10.3. The van der Waals surface area contributed by atoms with Crippen LogP contribution in [0, 0.1) is 27.9 Å². The van der Waals surface area contributed by atoms with E-state index < -0.39 is 29.4 Å². The molecule has 2 N–H and O–H groups in total. The fourth-order valence-corrected chi connectivity index (χ4v) is 5.89. The minimum Gasteiger partial charge on any atom is -0.455 e. The molecular formula is C21H25N3O6. The minimum absolute atomic E-state index is 0.186. The zero-order chi connectivity index (χ0) is 21.3. The molecule has 0 spiro atoms. The number of amides is 3. The maximum absolute atomic E-state index is 12.3. The maximum Gasteiger partial charge on any atom is 0.321 e. The summed E-state index contributed by atoms with van der Waals surface area (Å²) in [4.78, 5) is 46.7. The zero-order valence-corrected chi connectivity index (χ0v) is 16.6. The Labute approximate surface area is 173 Å². The Morgan fingerprint density at radius 2 is 1.67 bits per heavy atom. The van der Waals surface area contributed by atoms with Gasteiger partial charge in [-0.2, -0.15) is 0 Å². The number of esters is 1. The summed E-state index contributed by atoms with van der Waals surface area (Å²) in [7, 11) is 0. The lowest BCUT2D eigenvalue weighted by atomic mass is 9.53. The van der Waals surface area contributed by atoms with E-state index in [-0.39, 0.29) is 23.2 Å². The number of para-hydroxylation sites is 1. The molecule has 0 atom stereocenters. The highest BCUT2D eigenvalue weighted by Crippen LogP contribution is 2.55. The number of nitro benzene ring substituents is 1. The van der Waals surface area contributed by atoms with Gasteiger partial charge in [0.05, 0.1) is 11.3 Å². The number of hydrogen-bond donors (Lipinski definition) is 2. The molecule has 5 rings (SSSR count). The van der Waals surface area contributed by atoms with Crippen LogP contribution < -0.4 is 10.6 Å². The van der Waals surface area contributed by atoms with Gasteiger partial charge < -0.3 is 10.1 Å². The van der Waals surface area contributed by atoms with E-state index in [0.29, 0.717) is 17.8 Å². The van der Waals surface area contributed by atoms with Crippen LogP contribution in [-0.4, -0.2) is 35.0 Å². The van der Waals surface area contributed by atoms with Crippen molar-refractivity contribution in [2.75, 3.05) is 6.61 Å². The second-order valence-electron chi connectivity index (χ2n) is 8.92. The highest BCUT2D eigenvalue weighted by molar-refractivity contribution is 5.95. The number of carbonyl (C=O) groups is 3. The minimum atomic E-state index is -0.777. The molecule has 1 aromatic rings. The fourth-order valence-electron chi connectivity index (χ4n) is 5.89. The van der Waals surface area contributed by atoms with Gasteiger partial charge in [0.25, 0.3) is 11.6 Å². The summed E-state index contributed by atoms with van der Waals surface area (Å²) < 4.78 is 4.88. The maximum atomic E-state index is 12.3. The number of carbonyl (C=O) groups excluding carboxylic acids is 3. The molecule has 0 saturated heterocycles. The van der Waals surface area contributed by atoms with Gasteiger partial charge in [0.15, 0.2) is 6.61 Å². The van der Waals surface area contributed by atoms with Gasteiger partial charge in [0, 0.05) is 17.2 Å². The summed E-state index contributed by atoms with van der Waals surface area (Å²) >= 11 is 0. The monoisotopic (exact) mass is 415 g/mol. The first-order chi connectivity index (χ1) is 14.3. The standard InChI is InChI=1S/C21H25N3O6/c25-18(12-30-19(26)8-16-3-1-2-4-17(16)24(28)29)22-20(27)23-21-9-13-5-14(10-21)7-15(6-13)11-21/h1-4,13-15H,5-12H2,(H2,22,23,25,27). The third-order valence-electron chi connectivity index (χ3n) is 6.56. The molecular weight excluding hydrogens is 390 g/mol. The Morgan fingerprint density at radius 3 is 2.27 bits per heavy atom. The third-order valence-corrected chi connectivity index (χ3v) is 6.56. The summed E-state index contributed by atoms with van der Waals surface area (Å²) in [5.41, 5.74) is -0.205. The predicted octanol–water partition coefficient (Wildman–Crippen LogP) is 2.48. The number of benzene rings is 1. The molecule has 30 heavy (non-hydrogen) atoms. The van der Waals surface area contributed by atoms with Crippen molar-refractivity contribution in [3.05, 3.63) is 39.9 Å². The average Bonchev–Trinajstić information content (AvgIpc) is 2.65. The highest BCUT2D eigenvalue weighted by atomic mass is 16.6. The molecule has 4 aliphatic rings. The predicted molar refractivity (Wildman–Crippen MR) is 105 cm³/mol. The van der Waals surface area contributed by atoms with Crippen molar-refractivity contribution in [1.29, 1.82) is 0 Å². The second kappa shape index (κ2) is 8.04. The van der Waals surface area contributed by atoms with E-state index in [4.69, 9.17) is 4.74 Å². The number of nitrogens with zero attached hydrogens (tertiary/aromatic N) is 1. The normalized spacial score (nSPS) is 28.6. The van der Waals surface area contributed by atoms with Crippen molar-refractivity contribution in [2.45, 2.75) is 50.5 Å². The Balaban J connectivity index is 1.24. The third kappa shape index (κ3) is 4.44. The Kier molecular flexibility index (Phi) is 5.44. The van der Waals surface area contributed by atoms with Crippen molar-refractivity contribution in [1.82, 2.24) is 10.6 Å². The molecule has 3 amide bonds. The van der Waals surface area contributed by atoms with Gasteiger partial charge in [-0.1, -0.05) is 18.2 Å². The van der Waals surface area contributed by atoms with Crippen LogP contribution in [0.3, 0.4) is 0 Å². The van der Waals surface area contributed by atoms with Gasteiger partial charge in [-0.15, -0.1) is 0 Å². The summed E-state index contributed by atoms with van der Waals surface area (Å²) in [6, 6.07) is 5.28. The Bertz CT molecular complexity index is 848. The number of nitrogens with one attached hydrogen (secondary N) is 2. The summed E-state index contributed by atoms with van der Waals surface area (Å²) in [5.74, 6) is 0.481. The lowest BCUT2D eigenvalue weighted by Crippen LogP contribution is -2.62. The first kappa shape index (κ1) is 20.3. The topological polar surface area (TPSA) is 128 Å². The van der Waals surface area contributed by atoms with E-state index in [1.165, 1.54) is 37.5 Å². The molecule has 0 aromatic heterocycles. The number of urea groups is 1. The van der Waals surface area contributed by atoms with Crippen LogP contribution in [0.1, 0.15) is 44.1 Å². The number of rotatable bonds is 6. The number of hydrogen-bond acceptors (Lipinski definition) is 6. The van der Waals surface area contributed by atoms with Crippen LogP contribution in [0.4, 0.5) is 10.5 Å². The summed E-state index contributed by atoms with van der Waals surface area (Å²) in [6.45, 7) is -0.617. The number of nitro groups is 1. The van der Waals surface area contributed by atoms with E-state index in [1.54, 1.807) is 6.07 Å². The molecule has 0 radical (unpaired) electrons. The Morgan fingerprint density at radius 1 is 1.07 bits per heavy atom. The van der Waals surface area contributed by atoms with Gasteiger partial charge in [0.2, 0.25) is 0 Å². The number of ether oxygens (including phenoxy) is 1. The van der Waals surface area contributed by atoms with Crippen molar-refractivity contribution in [2.24, 2.45) is 17.8 Å². The second-order valence-corrected chi connectivity index (χ2v) is 8.92. The van der Waals surface area contributed by atoms with E-state index >= 15 is 0 Å². The van der Waals surface area contributed by atoms with Crippen LogP contribution in [0.15, 0.2) is 24.3 Å². The van der Waals surface area contributed by atoms with E-state index in [1.807, 2.05) is 0 Å². The quantitative estimate of drug-likeness (QED) is 0.417. The van der Waals surface area contributed by atoms with Crippen LogP contribution >= 0.6 is 0 Å². The van der Waals surface area contributed by atoms with Gasteiger partial charge in [-0.25, -0.2) is 4.79 Å². The van der Waals surface area contributed by atoms with Crippen molar-refractivity contribution < 1.29 is 24.0 Å². The molecule has 4 saturated carbocycles. The molecule has 0 heterocycles. The summed E-state index contributed by atoms with van der Waals surface area (Å²) in [5, 5.41) is 16.2. The van der Waals surface area contributed by atoms with Crippen molar-refractivity contribution >= 4 is 23.6 Å². The first-order valence-corrected chi connectivity index (χ1v) is 10.3. The van der Waals surface area contributed by atoms with E-state index in [2.05, 4.69) is 10.6 Å². The molecule has 4 fully saturated rings. The smallest absolute Gasteiger partial charge is 0.321 e. The zero-order valence-electron chi connectivity index (χ0n) is 16.6. The largest absolute Gasteiger partial charge is 0.455 e. The van der Waals surface area contributed by atoms with Crippen molar-refractivity contribution in [3.63, 3.8) is 0 Å². The van der Waals surface area contributed by atoms with Gasteiger partial charge in [-0.3, -0.25) is 25.0 Å². The molecule has 4 aliphatic carbocycles. The van der Waals surface area contributed by atoms with Crippen LogP contribution in [0.2, 0.25) is 0 Å². The average molecular weight is 415 g/mol. The van der Waals surface area contributed by atoms with Gasteiger partial charge >= 0.3 is 12.0 Å². The van der Waals surface area contributed by atoms with E-state index in [9.17, 15) is 24.5 Å². The molecule has 9 heteroatoms. The van der Waals surface area contributed by atoms with Crippen LogP contribution in [0.5, 0.6) is 0 Å². The highest BCUT2D eigenvalue weighted by Gasteiger charge is 2.51. The molecule has 160 valence electrons. The molecule has 9 nitrogen and oxygen atoms in total. The molecule has 0 aliphatic heterocycles. The van der Waals surface area contributed by atoms with Crippen LogP contribution in [-0.2, 0) is 20.7 Å². The van der Waals surface area contributed by atoms with Gasteiger partial charge in [0.1, 0.15) is 0 Å². The van der Waals surface area contributed by atoms with Gasteiger partial charge in [-0.05, 0) is 56.3 Å². The molecule has 1 aromatic carbocycles. The SMILES string of the molecule is O=C(COC(=O)Cc1ccccc1[N+](=O)[O-])NC(=O)NC12CC3CC(CC(C3)C1)C2.